The van der Waals surface area contributed by atoms with Gasteiger partial charge in [0.2, 0.25) is 0 Å². The lowest BCUT2D eigenvalue weighted by Gasteiger charge is -2.39. The van der Waals surface area contributed by atoms with Crippen LogP contribution in [0.2, 0.25) is 51.4 Å². The molecule has 0 bridgehead atoms. The zero-order valence-corrected chi connectivity index (χ0v) is 20.9. The Morgan fingerprint density at radius 3 is 1.22 bits per heavy atom. The van der Waals surface area contributed by atoms with Gasteiger partial charge in [0.1, 0.15) is 0 Å². The molecule has 0 aliphatic heterocycles. The van der Waals surface area contributed by atoms with Crippen molar-refractivity contribution in [1.82, 2.24) is 0 Å². The first-order chi connectivity index (χ1) is 12.6. The molecule has 5 heteroatoms. The predicted molar refractivity (Wildman–Crippen MR) is 125 cm³/mol. The SMILES string of the molecule is C[Si](C)(CCc1ccccc1)O[Si](C)(C)O[Si](C)(C)CCc1ccccc1. The van der Waals surface area contributed by atoms with Gasteiger partial charge in [-0.05, 0) is 75.3 Å². The summed E-state index contributed by atoms with van der Waals surface area (Å²) in [5, 5.41) is 0. The van der Waals surface area contributed by atoms with Crippen molar-refractivity contribution in [2.75, 3.05) is 0 Å². The fraction of sp³-hybridized carbons (Fsp3) is 0.455. The lowest BCUT2D eigenvalue weighted by molar-refractivity contribution is 0.388. The van der Waals surface area contributed by atoms with Crippen LogP contribution in [0, 0.1) is 0 Å². The summed E-state index contributed by atoms with van der Waals surface area (Å²) in [5.41, 5.74) is 2.80. The Morgan fingerprint density at radius 1 is 0.556 bits per heavy atom. The Morgan fingerprint density at radius 2 is 0.889 bits per heavy atom. The summed E-state index contributed by atoms with van der Waals surface area (Å²) in [7, 11) is -5.63. The highest BCUT2D eigenvalue weighted by Crippen LogP contribution is 2.26. The number of aryl methyl sites for hydroxylation is 2. The van der Waals surface area contributed by atoms with Crippen molar-refractivity contribution in [2.45, 2.75) is 64.2 Å². The molecule has 0 saturated heterocycles. The predicted octanol–water partition coefficient (Wildman–Crippen LogP) is 6.62. The van der Waals surface area contributed by atoms with E-state index in [1.165, 1.54) is 11.1 Å². The fourth-order valence-electron chi connectivity index (χ4n) is 3.63. The molecule has 0 spiro atoms. The van der Waals surface area contributed by atoms with E-state index in [9.17, 15) is 0 Å². The van der Waals surface area contributed by atoms with E-state index < -0.39 is 25.2 Å². The number of rotatable bonds is 10. The zero-order valence-electron chi connectivity index (χ0n) is 17.9. The topological polar surface area (TPSA) is 18.5 Å². The Balaban J connectivity index is 1.87. The Labute approximate surface area is 169 Å². The second kappa shape index (κ2) is 9.47. The first-order valence-electron chi connectivity index (χ1n) is 10.1. The average molecular weight is 417 g/mol. The van der Waals surface area contributed by atoms with Crippen molar-refractivity contribution >= 4 is 25.2 Å². The molecule has 0 aliphatic carbocycles. The van der Waals surface area contributed by atoms with Crippen LogP contribution in [0.1, 0.15) is 11.1 Å². The molecular formula is C22H36O2Si3. The van der Waals surface area contributed by atoms with Crippen LogP contribution in [0.15, 0.2) is 60.7 Å². The van der Waals surface area contributed by atoms with Crippen molar-refractivity contribution in [2.24, 2.45) is 0 Å². The van der Waals surface area contributed by atoms with Crippen LogP contribution in [-0.2, 0) is 21.1 Å². The average Bonchev–Trinajstić information content (AvgIpc) is 2.58. The van der Waals surface area contributed by atoms with Crippen LogP contribution in [0.5, 0.6) is 0 Å². The second-order valence-corrected chi connectivity index (χ2v) is 21.6. The Hall–Kier alpha value is -0.989. The highest BCUT2D eigenvalue weighted by molar-refractivity contribution is 6.87. The molecule has 0 atom stereocenters. The van der Waals surface area contributed by atoms with Crippen LogP contribution >= 0.6 is 0 Å². The van der Waals surface area contributed by atoms with Gasteiger partial charge in [-0.1, -0.05) is 60.7 Å². The maximum absolute atomic E-state index is 6.73. The zero-order chi connectivity index (χ0) is 20.0. The van der Waals surface area contributed by atoms with E-state index in [0.717, 1.165) is 24.9 Å². The van der Waals surface area contributed by atoms with Gasteiger partial charge >= 0.3 is 8.56 Å². The summed E-state index contributed by atoms with van der Waals surface area (Å²) in [5.74, 6) is 0. The van der Waals surface area contributed by atoms with Crippen molar-refractivity contribution in [1.29, 1.82) is 0 Å². The van der Waals surface area contributed by atoms with Gasteiger partial charge in [-0.25, -0.2) is 0 Å². The van der Waals surface area contributed by atoms with E-state index in [1.54, 1.807) is 0 Å². The minimum absolute atomic E-state index is 1.10. The van der Waals surface area contributed by atoms with Crippen molar-refractivity contribution in [3.05, 3.63) is 71.8 Å². The van der Waals surface area contributed by atoms with E-state index in [4.69, 9.17) is 8.23 Å². The van der Waals surface area contributed by atoms with Gasteiger partial charge in [0.15, 0.2) is 16.6 Å². The second-order valence-electron chi connectivity index (χ2n) is 9.09. The molecule has 27 heavy (non-hydrogen) atoms. The first-order valence-corrected chi connectivity index (χ1v) is 19.1. The summed E-state index contributed by atoms with van der Waals surface area (Å²) in [6.45, 7) is 13.8. The molecule has 148 valence electrons. The smallest absolute Gasteiger partial charge is 0.311 e. The van der Waals surface area contributed by atoms with E-state index in [-0.39, 0.29) is 0 Å². The molecule has 0 radical (unpaired) electrons. The van der Waals surface area contributed by atoms with Gasteiger partial charge in [-0.3, -0.25) is 0 Å². The molecule has 0 fully saturated rings. The van der Waals surface area contributed by atoms with Gasteiger partial charge in [-0.2, -0.15) is 0 Å². The normalized spacial score (nSPS) is 13.0. The minimum atomic E-state index is -2.13. The molecule has 2 rings (SSSR count). The molecule has 0 aliphatic rings. The van der Waals surface area contributed by atoms with Crippen molar-refractivity contribution < 1.29 is 8.23 Å². The van der Waals surface area contributed by atoms with Gasteiger partial charge < -0.3 is 8.23 Å². The molecule has 0 amide bonds. The molecule has 0 aromatic heterocycles. The van der Waals surface area contributed by atoms with Crippen molar-refractivity contribution in [3.63, 3.8) is 0 Å². The Bertz CT molecular complexity index is 626. The molecule has 0 N–H and O–H groups in total. The highest BCUT2D eigenvalue weighted by atomic mass is 28.5. The van der Waals surface area contributed by atoms with E-state index in [2.05, 4.69) is 99.9 Å². The van der Waals surface area contributed by atoms with Crippen LogP contribution in [0.4, 0.5) is 0 Å². The van der Waals surface area contributed by atoms with Gasteiger partial charge in [-0.15, -0.1) is 0 Å². The molecule has 0 saturated carbocycles. The van der Waals surface area contributed by atoms with Gasteiger partial charge in [0.25, 0.3) is 0 Å². The fourth-order valence-corrected chi connectivity index (χ4v) is 17.4. The third kappa shape index (κ3) is 8.70. The van der Waals surface area contributed by atoms with Crippen LogP contribution in [0.25, 0.3) is 0 Å². The number of hydrogen-bond acceptors (Lipinski definition) is 2. The lowest BCUT2D eigenvalue weighted by atomic mass is 10.2. The van der Waals surface area contributed by atoms with E-state index in [0.29, 0.717) is 0 Å². The summed E-state index contributed by atoms with van der Waals surface area (Å²) in [6.07, 6.45) is 2.19. The van der Waals surface area contributed by atoms with E-state index >= 15 is 0 Å². The van der Waals surface area contributed by atoms with Crippen LogP contribution < -0.4 is 0 Å². The minimum Gasteiger partial charge on any atom is -0.436 e. The highest BCUT2D eigenvalue weighted by Gasteiger charge is 2.39. The molecule has 2 aromatic carbocycles. The summed E-state index contributed by atoms with van der Waals surface area (Å²) in [4.78, 5) is 0. The molecule has 0 unspecified atom stereocenters. The monoisotopic (exact) mass is 416 g/mol. The molecule has 0 heterocycles. The summed E-state index contributed by atoms with van der Waals surface area (Å²) >= 11 is 0. The summed E-state index contributed by atoms with van der Waals surface area (Å²) < 4.78 is 13.5. The maximum Gasteiger partial charge on any atom is 0.311 e. The third-order valence-electron chi connectivity index (χ3n) is 4.76. The van der Waals surface area contributed by atoms with Crippen molar-refractivity contribution in [3.8, 4) is 0 Å². The number of benzene rings is 2. The summed E-state index contributed by atoms with van der Waals surface area (Å²) in [6, 6.07) is 23.8. The Kier molecular flexibility index (Phi) is 7.83. The third-order valence-corrected chi connectivity index (χ3v) is 16.0. The molecular weight excluding hydrogens is 380 g/mol. The number of hydrogen-bond donors (Lipinski definition) is 0. The molecule has 2 nitrogen and oxygen atoms in total. The first kappa shape index (κ1) is 22.3. The standard InChI is InChI=1S/C22H36O2Si3/c1-25(2,19-17-21-13-9-7-10-14-21)23-27(5,6)24-26(3,4)20-18-22-15-11-8-12-16-22/h7-16H,17-20H2,1-6H3. The quantitative estimate of drug-likeness (QED) is 0.405. The van der Waals surface area contributed by atoms with Gasteiger partial charge in [0, 0.05) is 0 Å². The maximum atomic E-state index is 6.73. The van der Waals surface area contributed by atoms with Crippen LogP contribution in [-0.4, -0.2) is 25.2 Å². The lowest BCUT2D eigenvalue weighted by Crippen LogP contribution is -2.52. The van der Waals surface area contributed by atoms with Gasteiger partial charge in [0.05, 0.1) is 0 Å². The van der Waals surface area contributed by atoms with Crippen LogP contribution in [0.3, 0.4) is 0 Å². The van der Waals surface area contributed by atoms with E-state index in [1.807, 2.05) is 0 Å². The largest absolute Gasteiger partial charge is 0.436 e. The molecule has 2 aromatic rings.